The minimum atomic E-state index is -0.237. The first-order valence-corrected chi connectivity index (χ1v) is 10.8. The number of amides is 2. The van der Waals surface area contributed by atoms with Crippen molar-refractivity contribution in [1.82, 2.24) is 15.2 Å². The number of hydrogen-bond donors (Lipinski definition) is 2. The highest BCUT2D eigenvalue weighted by atomic mass is 16.3. The lowest BCUT2D eigenvalue weighted by Crippen LogP contribution is -2.51. The number of carbonyl (C=O) groups excluding carboxylic acids is 2. The molecule has 4 rings (SSSR count). The Labute approximate surface area is 175 Å². The van der Waals surface area contributed by atoms with Gasteiger partial charge in [0.15, 0.2) is 0 Å². The third-order valence-electron chi connectivity index (χ3n) is 6.41. The zero-order valence-corrected chi connectivity index (χ0v) is 17.6. The highest BCUT2D eigenvalue weighted by molar-refractivity contribution is 5.97. The number of furan rings is 1. The van der Waals surface area contributed by atoms with Gasteiger partial charge >= 0.3 is 0 Å². The molecule has 2 amide bonds. The second kappa shape index (κ2) is 8.50. The standard InChI is InChI=1S/C23H29N3O4/c1-14-7-8-26(23(29)19-13-30-12-15(19)2)16(9-14)11-24-22(28)18-10-21(27)25-20-6-4-3-5-17(18)20/h10,12-14,16H,3-9,11H2,1-2H3,(H,24,28)(H,25,27)/t14-,16+/m1/s1. The van der Waals surface area contributed by atoms with Gasteiger partial charge in [0.05, 0.1) is 11.8 Å². The predicted molar refractivity (Wildman–Crippen MR) is 113 cm³/mol. The molecule has 7 heteroatoms. The normalized spacial score (nSPS) is 21.2. The lowest BCUT2D eigenvalue weighted by molar-refractivity contribution is 0.0549. The SMILES string of the molecule is Cc1cocc1C(=O)N1CC[C@@H](C)C[C@H]1CNC(=O)c1cc(=O)[nH]c2c1CCCC2. The maximum Gasteiger partial charge on any atom is 0.257 e. The predicted octanol–water partition coefficient (Wildman–Crippen LogP) is 2.83. The van der Waals surface area contributed by atoms with Crippen LogP contribution in [0.5, 0.6) is 0 Å². The summed E-state index contributed by atoms with van der Waals surface area (Å²) in [5, 5.41) is 3.00. The van der Waals surface area contributed by atoms with Gasteiger partial charge < -0.3 is 19.6 Å². The van der Waals surface area contributed by atoms with Crippen LogP contribution in [0.3, 0.4) is 0 Å². The van der Waals surface area contributed by atoms with E-state index in [0.717, 1.165) is 55.3 Å². The molecule has 2 atom stereocenters. The molecule has 1 aliphatic carbocycles. The fourth-order valence-corrected chi connectivity index (χ4v) is 4.70. The van der Waals surface area contributed by atoms with Gasteiger partial charge in [-0.1, -0.05) is 6.92 Å². The molecule has 0 aromatic carbocycles. The highest BCUT2D eigenvalue weighted by Crippen LogP contribution is 2.26. The molecular weight excluding hydrogens is 382 g/mol. The second-order valence-electron chi connectivity index (χ2n) is 8.67. The number of hydrogen-bond acceptors (Lipinski definition) is 4. The number of piperidine rings is 1. The maximum atomic E-state index is 13.1. The van der Waals surface area contributed by atoms with Crippen molar-refractivity contribution in [2.75, 3.05) is 13.1 Å². The molecule has 2 aliphatic rings. The van der Waals surface area contributed by atoms with E-state index in [-0.39, 0.29) is 23.4 Å². The third-order valence-corrected chi connectivity index (χ3v) is 6.41. The van der Waals surface area contributed by atoms with Crippen molar-refractivity contribution < 1.29 is 14.0 Å². The lowest BCUT2D eigenvalue weighted by Gasteiger charge is -2.38. The zero-order chi connectivity index (χ0) is 21.3. The number of aromatic amines is 1. The van der Waals surface area contributed by atoms with E-state index in [1.807, 2.05) is 11.8 Å². The number of H-pyrrole nitrogens is 1. The van der Waals surface area contributed by atoms with Crippen LogP contribution in [0, 0.1) is 12.8 Å². The van der Waals surface area contributed by atoms with Gasteiger partial charge in [0.1, 0.15) is 6.26 Å². The number of nitrogens with one attached hydrogen (secondary N) is 2. The van der Waals surface area contributed by atoms with Gasteiger partial charge in [0, 0.05) is 36.5 Å². The van der Waals surface area contributed by atoms with Crippen molar-refractivity contribution >= 4 is 11.8 Å². The van der Waals surface area contributed by atoms with Gasteiger partial charge in [0.2, 0.25) is 5.56 Å². The Morgan fingerprint density at radius 2 is 2.03 bits per heavy atom. The van der Waals surface area contributed by atoms with Crippen LogP contribution in [-0.2, 0) is 12.8 Å². The number of aromatic nitrogens is 1. The summed E-state index contributed by atoms with van der Waals surface area (Å²) in [6, 6.07) is 1.32. The highest BCUT2D eigenvalue weighted by Gasteiger charge is 2.32. The summed E-state index contributed by atoms with van der Waals surface area (Å²) in [5.74, 6) is 0.194. The van der Waals surface area contributed by atoms with E-state index in [4.69, 9.17) is 4.42 Å². The van der Waals surface area contributed by atoms with Crippen molar-refractivity contribution in [2.45, 2.75) is 58.4 Å². The maximum absolute atomic E-state index is 13.1. The molecule has 0 saturated carbocycles. The molecule has 3 heterocycles. The topological polar surface area (TPSA) is 95.4 Å². The third kappa shape index (κ3) is 4.06. The molecule has 7 nitrogen and oxygen atoms in total. The summed E-state index contributed by atoms with van der Waals surface area (Å²) in [5.41, 5.74) is 3.47. The summed E-state index contributed by atoms with van der Waals surface area (Å²) >= 11 is 0. The Kier molecular flexibility index (Phi) is 5.79. The van der Waals surface area contributed by atoms with Crippen LogP contribution in [0.2, 0.25) is 0 Å². The number of carbonyl (C=O) groups is 2. The van der Waals surface area contributed by atoms with Crippen LogP contribution in [0.25, 0.3) is 0 Å². The molecule has 1 aliphatic heterocycles. The van der Waals surface area contributed by atoms with Gasteiger partial charge in [0.25, 0.3) is 11.8 Å². The van der Waals surface area contributed by atoms with E-state index < -0.39 is 0 Å². The molecule has 0 spiro atoms. The molecule has 2 N–H and O–H groups in total. The fraction of sp³-hybridized carbons (Fsp3) is 0.522. The van der Waals surface area contributed by atoms with E-state index in [2.05, 4.69) is 17.2 Å². The quantitative estimate of drug-likeness (QED) is 0.809. The van der Waals surface area contributed by atoms with Crippen LogP contribution >= 0.6 is 0 Å². The molecule has 1 fully saturated rings. The van der Waals surface area contributed by atoms with Gasteiger partial charge in [-0.15, -0.1) is 0 Å². The van der Waals surface area contributed by atoms with Crippen LogP contribution in [0.15, 0.2) is 27.8 Å². The van der Waals surface area contributed by atoms with Gasteiger partial charge in [-0.25, -0.2) is 0 Å². The van der Waals surface area contributed by atoms with E-state index >= 15 is 0 Å². The number of aryl methyl sites for hydroxylation is 2. The number of pyridine rings is 1. The largest absolute Gasteiger partial charge is 0.471 e. The first-order chi connectivity index (χ1) is 14.4. The molecule has 30 heavy (non-hydrogen) atoms. The van der Waals surface area contributed by atoms with Crippen LogP contribution in [-0.4, -0.2) is 40.8 Å². The van der Waals surface area contributed by atoms with Crippen molar-refractivity contribution in [2.24, 2.45) is 5.92 Å². The summed E-state index contributed by atoms with van der Waals surface area (Å²) < 4.78 is 5.18. The van der Waals surface area contributed by atoms with Crippen LogP contribution < -0.4 is 10.9 Å². The smallest absolute Gasteiger partial charge is 0.257 e. The lowest BCUT2D eigenvalue weighted by atomic mass is 9.91. The number of nitrogens with zero attached hydrogens (tertiary/aromatic N) is 1. The summed E-state index contributed by atoms with van der Waals surface area (Å²) in [6.07, 6.45) is 8.49. The Hall–Kier alpha value is -2.83. The minimum absolute atomic E-state index is 0.0547. The fourth-order valence-electron chi connectivity index (χ4n) is 4.70. The molecule has 2 aromatic rings. The van der Waals surface area contributed by atoms with E-state index in [1.54, 1.807) is 6.26 Å². The molecule has 0 radical (unpaired) electrons. The summed E-state index contributed by atoms with van der Waals surface area (Å²) in [7, 11) is 0. The van der Waals surface area contributed by atoms with E-state index in [9.17, 15) is 14.4 Å². The van der Waals surface area contributed by atoms with Crippen molar-refractivity contribution in [3.05, 3.63) is 56.9 Å². The molecular formula is C23H29N3O4. The summed E-state index contributed by atoms with van der Waals surface area (Å²) in [4.78, 5) is 42.8. The average Bonchev–Trinajstić information content (AvgIpc) is 3.16. The van der Waals surface area contributed by atoms with Gasteiger partial charge in [-0.3, -0.25) is 14.4 Å². The Balaban J connectivity index is 1.50. The molecule has 1 saturated heterocycles. The minimum Gasteiger partial charge on any atom is -0.471 e. The first-order valence-electron chi connectivity index (χ1n) is 10.8. The second-order valence-corrected chi connectivity index (χ2v) is 8.67. The molecule has 0 bridgehead atoms. The Morgan fingerprint density at radius 3 is 2.80 bits per heavy atom. The molecule has 0 unspecified atom stereocenters. The van der Waals surface area contributed by atoms with Gasteiger partial charge in [-0.05, 0) is 62.5 Å². The monoisotopic (exact) mass is 411 g/mol. The first kappa shape index (κ1) is 20.4. The average molecular weight is 412 g/mol. The Morgan fingerprint density at radius 1 is 1.23 bits per heavy atom. The van der Waals surface area contributed by atoms with E-state index in [1.165, 1.54) is 12.3 Å². The number of likely N-dealkylation sites (tertiary alicyclic amines) is 1. The number of fused-ring (bicyclic) bond motifs is 1. The van der Waals surface area contributed by atoms with E-state index in [0.29, 0.717) is 30.1 Å². The van der Waals surface area contributed by atoms with Crippen LogP contribution in [0.1, 0.15) is 70.1 Å². The van der Waals surface area contributed by atoms with Crippen molar-refractivity contribution in [3.8, 4) is 0 Å². The zero-order valence-electron chi connectivity index (χ0n) is 17.6. The van der Waals surface area contributed by atoms with Crippen LogP contribution in [0.4, 0.5) is 0 Å². The van der Waals surface area contributed by atoms with Crippen molar-refractivity contribution in [3.63, 3.8) is 0 Å². The van der Waals surface area contributed by atoms with Gasteiger partial charge in [-0.2, -0.15) is 0 Å². The molecule has 2 aromatic heterocycles. The van der Waals surface area contributed by atoms with Crippen molar-refractivity contribution in [1.29, 1.82) is 0 Å². The number of rotatable bonds is 4. The Bertz CT molecular complexity index is 1010. The summed E-state index contributed by atoms with van der Waals surface area (Å²) in [6.45, 7) is 5.06. The molecule has 160 valence electrons.